The number of hydrogen-bond donors (Lipinski definition) is 1. The van der Waals surface area contributed by atoms with Crippen LogP contribution in [0.3, 0.4) is 0 Å². The summed E-state index contributed by atoms with van der Waals surface area (Å²) in [5, 5.41) is 7.34. The number of nitrogens with one attached hydrogen (secondary N) is 1. The molecule has 0 spiro atoms. The number of hydrogen-bond acceptors (Lipinski definition) is 3. The van der Waals surface area contributed by atoms with E-state index >= 15 is 0 Å². The largest absolute Gasteiger partial charge is 0.434 e. The van der Waals surface area contributed by atoms with E-state index in [1.165, 1.54) is 6.07 Å². The van der Waals surface area contributed by atoms with E-state index in [1.54, 1.807) is 24.4 Å². The molecule has 1 aromatic carbocycles. The zero-order chi connectivity index (χ0) is 14.5. The van der Waals surface area contributed by atoms with E-state index in [2.05, 4.69) is 15.2 Å². The molecule has 0 bridgehead atoms. The highest BCUT2D eigenvalue weighted by atomic mass is 19.3. The van der Waals surface area contributed by atoms with Crippen molar-refractivity contribution in [2.75, 3.05) is 5.32 Å². The Bertz CT molecular complexity index is 555. The van der Waals surface area contributed by atoms with E-state index in [9.17, 15) is 8.78 Å². The van der Waals surface area contributed by atoms with Crippen molar-refractivity contribution in [2.45, 2.75) is 33.0 Å². The maximum absolute atomic E-state index is 12.3. The van der Waals surface area contributed by atoms with Gasteiger partial charge in [-0.3, -0.25) is 4.68 Å². The molecule has 2 rings (SSSR count). The number of aromatic nitrogens is 2. The molecule has 0 aliphatic heterocycles. The van der Waals surface area contributed by atoms with E-state index in [0.717, 1.165) is 5.69 Å². The Morgan fingerprint density at radius 2 is 2.05 bits per heavy atom. The van der Waals surface area contributed by atoms with Crippen molar-refractivity contribution in [2.24, 2.45) is 0 Å². The second-order valence-corrected chi connectivity index (χ2v) is 4.64. The van der Waals surface area contributed by atoms with E-state index in [-0.39, 0.29) is 11.8 Å². The third-order valence-corrected chi connectivity index (χ3v) is 2.80. The van der Waals surface area contributed by atoms with Crippen LogP contribution in [0.5, 0.6) is 5.75 Å². The molecule has 20 heavy (non-hydrogen) atoms. The summed E-state index contributed by atoms with van der Waals surface area (Å²) in [6.45, 7) is 1.64. The molecule has 2 aromatic rings. The summed E-state index contributed by atoms with van der Waals surface area (Å²) in [7, 11) is 0. The Balaban J connectivity index is 2.02. The number of nitrogens with zero attached hydrogens (tertiary/aromatic N) is 2. The first-order valence-electron chi connectivity index (χ1n) is 6.37. The number of alkyl halides is 2. The fourth-order valence-corrected chi connectivity index (χ4v) is 1.77. The number of benzene rings is 1. The average molecular weight is 281 g/mol. The van der Waals surface area contributed by atoms with E-state index in [4.69, 9.17) is 0 Å². The Morgan fingerprint density at radius 1 is 1.30 bits per heavy atom. The summed E-state index contributed by atoms with van der Waals surface area (Å²) in [5.74, 6) is 0.186. The quantitative estimate of drug-likeness (QED) is 0.878. The number of para-hydroxylation sites is 1. The maximum Gasteiger partial charge on any atom is 0.387 e. The van der Waals surface area contributed by atoms with Gasteiger partial charge in [-0.2, -0.15) is 13.9 Å². The molecule has 1 N–H and O–H groups in total. The first kappa shape index (κ1) is 14.3. The minimum atomic E-state index is -2.82. The third-order valence-electron chi connectivity index (χ3n) is 2.80. The molecule has 108 valence electrons. The average Bonchev–Trinajstić information content (AvgIpc) is 2.86. The van der Waals surface area contributed by atoms with Crippen molar-refractivity contribution < 1.29 is 13.5 Å². The molecular formula is C14H17F2N3O. The van der Waals surface area contributed by atoms with E-state index in [0.29, 0.717) is 12.1 Å². The second kappa shape index (κ2) is 6.36. The lowest BCUT2D eigenvalue weighted by atomic mass is 10.2. The third kappa shape index (κ3) is 3.69. The Hall–Kier alpha value is -2.11. The lowest BCUT2D eigenvalue weighted by Gasteiger charge is -2.11. The number of rotatable bonds is 6. The van der Waals surface area contributed by atoms with Crippen molar-refractivity contribution in [3.63, 3.8) is 0 Å². The van der Waals surface area contributed by atoms with Crippen molar-refractivity contribution in [3.05, 3.63) is 42.2 Å². The van der Waals surface area contributed by atoms with Crippen LogP contribution < -0.4 is 10.1 Å². The van der Waals surface area contributed by atoms with Crippen LogP contribution in [0.4, 0.5) is 14.5 Å². The van der Waals surface area contributed by atoms with Gasteiger partial charge in [0, 0.05) is 24.3 Å². The van der Waals surface area contributed by atoms with Crippen LogP contribution >= 0.6 is 0 Å². The highest BCUT2D eigenvalue weighted by Gasteiger charge is 2.09. The second-order valence-electron chi connectivity index (χ2n) is 4.64. The van der Waals surface area contributed by atoms with Crippen molar-refractivity contribution >= 4 is 5.69 Å². The van der Waals surface area contributed by atoms with Crippen LogP contribution in [-0.4, -0.2) is 16.4 Å². The van der Waals surface area contributed by atoms with Crippen LogP contribution in [0.2, 0.25) is 0 Å². The van der Waals surface area contributed by atoms with Crippen molar-refractivity contribution in [3.8, 4) is 5.75 Å². The van der Waals surface area contributed by atoms with E-state index in [1.807, 2.05) is 24.7 Å². The van der Waals surface area contributed by atoms with Crippen molar-refractivity contribution in [1.82, 2.24) is 9.78 Å². The number of ether oxygens (including phenoxy) is 1. The van der Waals surface area contributed by atoms with Gasteiger partial charge in [0.05, 0.1) is 11.9 Å². The predicted molar refractivity (Wildman–Crippen MR) is 73.0 cm³/mol. The zero-order valence-electron chi connectivity index (χ0n) is 11.4. The summed E-state index contributed by atoms with van der Waals surface area (Å²) in [6.07, 6.45) is 3.58. The molecule has 0 aliphatic carbocycles. The molecule has 0 radical (unpaired) electrons. The highest BCUT2D eigenvalue weighted by Crippen LogP contribution is 2.21. The predicted octanol–water partition coefficient (Wildman–Crippen LogP) is 3.68. The normalized spacial score (nSPS) is 11.1. The topological polar surface area (TPSA) is 39.1 Å². The summed E-state index contributed by atoms with van der Waals surface area (Å²) in [4.78, 5) is 0. The van der Waals surface area contributed by atoms with Gasteiger partial charge in [0.15, 0.2) is 0 Å². The van der Waals surface area contributed by atoms with Crippen LogP contribution in [0.15, 0.2) is 36.7 Å². The molecule has 0 aliphatic rings. The standard InChI is InChI=1S/C14H17F2N3O/c1-10(2)19-9-12(8-18-19)17-7-11-5-3-4-6-13(11)20-14(15)16/h3-6,8-10,14,17H,7H2,1-2H3. The molecule has 4 nitrogen and oxygen atoms in total. The van der Waals surface area contributed by atoms with Gasteiger partial charge in [0.2, 0.25) is 0 Å². The Kier molecular flexibility index (Phi) is 4.55. The first-order valence-corrected chi connectivity index (χ1v) is 6.37. The molecule has 0 saturated carbocycles. The Morgan fingerprint density at radius 3 is 2.70 bits per heavy atom. The molecule has 6 heteroatoms. The number of halogens is 2. The fraction of sp³-hybridized carbons (Fsp3) is 0.357. The van der Waals surface area contributed by atoms with Gasteiger partial charge in [-0.25, -0.2) is 0 Å². The van der Waals surface area contributed by atoms with Crippen LogP contribution in [0.1, 0.15) is 25.5 Å². The summed E-state index contributed by atoms with van der Waals surface area (Å²) in [6, 6.07) is 7.00. The Labute approximate surface area is 116 Å². The van der Waals surface area contributed by atoms with Gasteiger partial charge in [-0.05, 0) is 19.9 Å². The summed E-state index contributed by atoms with van der Waals surface area (Å²) >= 11 is 0. The van der Waals surface area contributed by atoms with Gasteiger partial charge in [0.1, 0.15) is 5.75 Å². The van der Waals surface area contributed by atoms with Crippen LogP contribution in [0.25, 0.3) is 0 Å². The van der Waals surface area contributed by atoms with Gasteiger partial charge < -0.3 is 10.1 Å². The highest BCUT2D eigenvalue weighted by molar-refractivity contribution is 5.42. The van der Waals surface area contributed by atoms with Gasteiger partial charge >= 0.3 is 6.61 Å². The fourth-order valence-electron chi connectivity index (χ4n) is 1.77. The first-order chi connectivity index (χ1) is 9.56. The molecule has 1 heterocycles. The molecule has 0 saturated heterocycles. The smallest absolute Gasteiger partial charge is 0.387 e. The zero-order valence-corrected chi connectivity index (χ0v) is 11.4. The van der Waals surface area contributed by atoms with Gasteiger partial charge in [0.25, 0.3) is 0 Å². The van der Waals surface area contributed by atoms with Crippen LogP contribution in [-0.2, 0) is 6.54 Å². The van der Waals surface area contributed by atoms with E-state index < -0.39 is 6.61 Å². The molecular weight excluding hydrogens is 264 g/mol. The SMILES string of the molecule is CC(C)n1cc(NCc2ccccc2OC(F)F)cn1. The minimum absolute atomic E-state index is 0.186. The van der Waals surface area contributed by atoms with Gasteiger partial charge in [-0.1, -0.05) is 18.2 Å². The molecule has 0 fully saturated rings. The van der Waals surface area contributed by atoms with Crippen LogP contribution in [0, 0.1) is 0 Å². The number of anilines is 1. The lowest BCUT2D eigenvalue weighted by molar-refractivity contribution is -0.0504. The maximum atomic E-state index is 12.3. The summed E-state index contributed by atoms with van der Waals surface area (Å²) in [5.41, 5.74) is 1.51. The molecule has 0 atom stereocenters. The molecule has 0 amide bonds. The minimum Gasteiger partial charge on any atom is -0.434 e. The monoisotopic (exact) mass is 281 g/mol. The summed E-state index contributed by atoms with van der Waals surface area (Å²) < 4.78 is 30.9. The molecule has 1 aromatic heterocycles. The van der Waals surface area contributed by atoms with Crippen molar-refractivity contribution in [1.29, 1.82) is 0 Å². The van der Waals surface area contributed by atoms with Gasteiger partial charge in [-0.15, -0.1) is 0 Å². The lowest BCUT2D eigenvalue weighted by Crippen LogP contribution is -2.07. The molecule has 0 unspecified atom stereocenters.